The molecule has 13 rings (SSSR count). The standard InChI is InChI=1S/C83H84BNO2/c1-78(2,3)59-38-56(39-60(47-59)79(4,5)6)53-33-36-68-70(42-53)85(77-64(51-26-20-18-21-27-51)49-63(82(13,14)15)50-65(77)52-28-22-19-23-29-52)71-43-58(54-32-35-67-73(44-54)86-72-31-25-24-30-66(72)83(67,16)17)46-75-76(71)84(68)69-37-34-55(45-74(69)87-75)57-40-61(80(7,8)9)48-62(41-57)81(10,11)12/h18-50H,1-17H3. The van der Waals surface area contributed by atoms with Crippen molar-refractivity contribution in [3.8, 4) is 78.6 Å². The third kappa shape index (κ3) is 10.3. The van der Waals surface area contributed by atoms with Gasteiger partial charge in [0.2, 0.25) is 0 Å². The molecule has 0 saturated heterocycles. The molecule has 0 fully saturated rings. The molecule has 10 aromatic carbocycles. The number of ether oxygens (including phenoxy) is 2. The zero-order valence-electron chi connectivity index (χ0n) is 54.4. The summed E-state index contributed by atoms with van der Waals surface area (Å²) in [7, 11) is 0. The second kappa shape index (κ2) is 20.4. The summed E-state index contributed by atoms with van der Waals surface area (Å²) in [6, 6.07) is 76.1. The van der Waals surface area contributed by atoms with Crippen LogP contribution in [0.2, 0.25) is 0 Å². The monoisotopic (exact) mass is 1140 g/mol. The Hall–Kier alpha value is -8.34. The third-order valence-electron chi connectivity index (χ3n) is 18.9. The molecule has 436 valence electrons. The Kier molecular flexibility index (Phi) is 13.5. The molecule has 3 aliphatic rings. The SMILES string of the molecule is CC(C)(C)c1cc(-c2ccc3c(c2)Oc2cc(-c4ccc5c(c4)Oc4ccccc4C5(C)C)cc4c2B3c2ccc(-c3cc(C(C)(C)C)cc(C(C)(C)C)c3)cc2N4c2c(-c3ccccc3)cc(C(C)(C)C)cc2-c2ccccc2)cc(C(C)(C)C)c1. The smallest absolute Gasteiger partial charge is 0.256 e. The molecule has 0 unspecified atom stereocenters. The van der Waals surface area contributed by atoms with Gasteiger partial charge in [-0.3, -0.25) is 0 Å². The second-order valence-electron chi connectivity index (χ2n) is 30.7. The summed E-state index contributed by atoms with van der Waals surface area (Å²) < 4.78 is 14.6. The van der Waals surface area contributed by atoms with Crippen LogP contribution in [0.3, 0.4) is 0 Å². The first kappa shape index (κ1) is 57.7. The number of fused-ring (bicyclic) bond motifs is 6. The van der Waals surface area contributed by atoms with Gasteiger partial charge in [-0.05, 0) is 164 Å². The van der Waals surface area contributed by atoms with Crippen molar-refractivity contribution in [2.75, 3.05) is 4.90 Å². The van der Waals surface area contributed by atoms with Crippen LogP contribution in [0, 0.1) is 0 Å². The van der Waals surface area contributed by atoms with E-state index in [1.165, 1.54) is 61.1 Å². The van der Waals surface area contributed by atoms with E-state index in [0.717, 1.165) is 89.9 Å². The fraction of sp³-hybridized carbons (Fsp3) is 0.277. The van der Waals surface area contributed by atoms with E-state index in [2.05, 4.69) is 323 Å². The van der Waals surface area contributed by atoms with Crippen molar-refractivity contribution in [2.45, 2.75) is 150 Å². The molecule has 3 heterocycles. The predicted molar refractivity (Wildman–Crippen MR) is 372 cm³/mol. The Balaban J connectivity index is 1.14. The molecule has 3 nitrogen and oxygen atoms in total. The van der Waals surface area contributed by atoms with E-state index in [1.807, 2.05) is 0 Å². The van der Waals surface area contributed by atoms with Gasteiger partial charge in [-0.25, -0.2) is 0 Å². The normalized spacial score (nSPS) is 14.3. The zero-order chi connectivity index (χ0) is 61.5. The quantitative estimate of drug-likeness (QED) is 0.155. The van der Waals surface area contributed by atoms with Crippen LogP contribution < -0.4 is 30.8 Å². The first-order valence-corrected chi connectivity index (χ1v) is 31.5. The lowest BCUT2D eigenvalue weighted by Crippen LogP contribution is -2.59. The Morgan fingerprint density at radius 3 is 1.22 bits per heavy atom. The van der Waals surface area contributed by atoms with Crippen molar-refractivity contribution in [3.63, 3.8) is 0 Å². The van der Waals surface area contributed by atoms with Gasteiger partial charge >= 0.3 is 0 Å². The summed E-state index contributed by atoms with van der Waals surface area (Å²) in [6.07, 6.45) is 0. The number of rotatable bonds is 6. The van der Waals surface area contributed by atoms with Crippen molar-refractivity contribution in [1.29, 1.82) is 0 Å². The summed E-state index contributed by atoms with van der Waals surface area (Å²) in [5.74, 6) is 3.49. The van der Waals surface area contributed by atoms with Crippen LogP contribution in [-0.2, 0) is 32.5 Å². The second-order valence-corrected chi connectivity index (χ2v) is 30.7. The van der Waals surface area contributed by atoms with Crippen molar-refractivity contribution >= 4 is 40.2 Å². The van der Waals surface area contributed by atoms with E-state index in [4.69, 9.17) is 9.47 Å². The zero-order valence-corrected chi connectivity index (χ0v) is 54.4. The first-order chi connectivity index (χ1) is 41.0. The highest BCUT2D eigenvalue weighted by molar-refractivity contribution is 6.99. The van der Waals surface area contributed by atoms with Gasteiger partial charge in [0.1, 0.15) is 23.0 Å². The molecule has 0 bridgehead atoms. The number of hydrogen-bond acceptors (Lipinski definition) is 3. The summed E-state index contributed by atoms with van der Waals surface area (Å²) >= 11 is 0. The number of nitrogens with zero attached hydrogens (tertiary/aromatic N) is 1. The Morgan fingerprint density at radius 1 is 0.310 bits per heavy atom. The maximum atomic E-state index is 7.65. The van der Waals surface area contributed by atoms with Crippen LogP contribution in [0.25, 0.3) is 55.6 Å². The molecule has 0 N–H and O–H groups in total. The Morgan fingerprint density at radius 2 is 0.701 bits per heavy atom. The summed E-state index contributed by atoms with van der Waals surface area (Å²) in [5.41, 5.74) is 26.6. The van der Waals surface area contributed by atoms with Crippen molar-refractivity contribution in [1.82, 2.24) is 0 Å². The molecule has 0 aromatic heterocycles. The molecule has 0 atom stereocenters. The number of anilines is 3. The third-order valence-corrected chi connectivity index (χ3v) is 18.9. The van der Waals surface area contributed by atoms with Crippen molar-refractivity contribution in [3.05, 3.63) is 239 Å². The highest BCUT2D eigenvalue weighted by Crippen LogP contribution is 2.54. The Labute approximate surface area is 519 Å². The van der Waals surface area contributed by atoms with E-state index < -0.39 is 0 Å². The molecule has 10 aromatic rings. The molecule has 0 amide bonds. The van der Waals surface area contributed by atoms with E-state index in [9.17, 15) is 0 Å². The number of hydrogen-bond donors (Lipinski definition) is 0. The average molecular weight is 1140 g/mol. The minimum absolute atomic E-state index is 0.0416. The molecule has 4 heteroatoms. The maximum absolute atomic E-state index is 7.65. The van der Waals surface area contributed by atoms with Gasteiger partial charge in [-0.2, -0.15) is 0 Å². The average Bonchev–Trinajstić information content (AvgIpc) is 0.721. The highest BCUT2D eigenvalue weighted by atomic mass is 16.5. The topological polar surface area (TPSA) is 21.7 Å². The van der Waals surface area contributed by atoms with E-state index >= 15 is 0 Å². The fourth-order valence-corrected chi connectivity index (χ4v) is 13.5. The maximum Gasteiger partial charge on any atom is 0.256 e. The Bertz CT molecular complexity index is 4250. The molecular formula is C83H84BNO2. The lowest BCUT2D eigenvalue weighted by Gasteiger charge is -2.42. The van der Waals surface area contributed by atoms with Crippen LogP contribution in [0.1, 0.15) is 157 Å². The van der Waals surface area contributed by atoms with Gasteiger partial charge in [-0.15, -0.1) is 0 Å². The van der Waals surface area contributed by atoms with E-state index in [0.29, 0.717) is 0 Å². The van der Waals surface area contributed by atoms with Crippen LogP contribution in [-0.4, -0.2) is 6.71 Å². The predicted octanol–water partition coefficient (Wildman–Crippen LogP) is 21.3. The van der Waals surface area contributed by atoms with Crippen molar-refractivity contribution < 1.29 is 9.47 Å². The molecule has 0 aliphatic carbocycles. The summed E-state index contributed by atoms with van der Waals surface area (Å²) in [4.78, 5) is 2.63. The molecule has 0 saturated carbocycles. The van der Waals surface area contributed by atoms with Gasteiger partial charge in [0, 0.05) is 39.0 Å². The lowest BCUT2D eigenvalue weighted by molar-refractivity contribution is 0.418. The van der Waals surface area contributed by atoms with E-state index in [1.54, 1.807) is 0 Å². The lowest BCUT2D eigenvalue weighted by atomic mass is 9.34. The first-order valence-electron chi connectivity index (χ1n) is 31.5. The van der Waals surface area contributed by atoms with Crippen LogP contribution in [0.4, 0.5) is 17.1 Å². The van der Waals surface area contributed by atoms with Crippen LogP contribution in [0.5, 0.6) is 23.0 Å². The van der Waals surface area contributed by atoms with Gasteiger partial charge in [0.25, 0.3) is 6.71 Å². The highest BCUT2D eigenvalue weighted by Gasteiger charge is 2.44. The molecule has 87 heavy (non-hydrogen) atoms. The van der Waals surface area contributed by atoms with E-state index in [-0.39, 0.29) is 39.2 Å². The minimum atomic E-state index is -0.262. The summed E-state index contributed by atoms with van der Waals surface area (Å²) in [5, 5.41) is 0. The molecule has 0 radical (unpaired) electrons. The molecule has 3 aliphatic heterocycles. The van der Waals surface area contributed by atoms with Gasteiger partial charge in [0.15, 0.2) is 0 Å². The molecule has 0 spiro atoms. The van der Waals surface area contributed by atoms with Gasteiger partial charge < -0.3 is 14.4 Å². The number of para-hydroxylation sites is 1. The minimum Gasteiger partial charge on any atom is -0.458 e. The summed E-state index contributed by atoms with van der Waals surface area (Å²) in [6.45, 7) is 39.4. The van der Waals surface area contributed by atoms with Gasteiger partial charge in [-0.1, -0.05) is 269 Å². The van der Waals surface area contributed by atoms with Crippen LogP contribution >= 0.6 is 0 Å². The number of benzene rings is 10. The van der Waals surface area contributed by atoms with Crippen LogP contribution in [0.15, 0.2) is 200 Å². The largest absolute Gasteiger partial charge is 0.458 e. The molecular weight excluding hydrogens is 1050 g/mol. The van der Waals surface area contributed by atoms with Crippen molar-refractivity contribution in [2.24, 2.45) is 0 Å². The fourth-order valence-electron chi connectivity index (χ4n) is 13.5. The van der Waals surface area contributed by atoms with Gasteiger partial charge in [0.05, 0.1) is 5.69 Å².